The number of piperidine rings is 1. The van der Waals surface area contributed by atoms with E-state index in [9.17, 15) is 10.2 Å². The van der Waals surface area contributed by atoms with Crippen molar-refractivity contribution >= 4 is 23.3 Å². The van der Waals surface area contributed by atoms with E-state index in [2.05, 4.69) is 43.1 Å². The SMILES string of the molecule is Cc1cccc2cc3c(nc12)C[C@]12CCN(C)[C@H](Cc4ccc(O)cc41)[C@]2(O)C3.Cl. The molecule has 2 heterocycles. The molecule has 3 aromatic rings. The number of hydrogen-bond acceptors (Lipinski definition) is 4. The van der Waals surface area contributed by atoms with Gasteiger partial charge in [0.25, 0.3) is 0 Å². The van der Waals surface area contributed by atoms with Crippen molar-refractivity contribution in [1.82, 2.24) is 9.88 Å². The Morgan fingerprint density at radius 2 is 1.93 bits per heavy atom. The first-order chi connectivity index (χ1) is 13.9. The number of likely N-dealkylation sites (tertiary alicyclic amines) is 1. The van der Waals surface area contributed by atoms with Crippen LogP contribution in [0.15, 0.2) is 42.5 Å². The molecule has 0 radical (unpaired) electrons. The van der Waals surface area contributed by atoms with E-state index >= 15 is 0 Å². The molecular formula is C25H27ClN2O2. The van der Waals surface area contributed by atoms with Crippen LogP contribution in [0.2, 0.25) is 0 Å². The summed E-state index contributed by atoms with van der Waals surface area (Å²) in [5.41, 5.74) is 5.66. The molecule has 1 aromatic heterocycles. The molecule has 2 aromatic carbocycles. The maximum absolute atomic E-state index is 12.3. The highest BCUT2D eigenvalue weighted by Gasteiger charge is 2.64. The number of phenols is 1. The average molecular weight is 423 g/mol. The molecule has 1 saturated heterocycles. The summed E-state index contributed by atoms with van der Waals surface area (Å²) in [6.07, 6.45) is 3.03. The monoisotopic (exact) mass is 422 g/mol. The summed E-state index contributed by atoms with van der Waals surface area (Å²) in [5, 5.41) is 23.7. The maximum atomic E-state index is 12.3. The molecule has 6 rings (SSSR count). The van der Waals surface area contributed by atoms with Crippen molar-refractivity contribution in [1.29, 1.82) is 0 Å². The van der Waals surface area contributed by atoms with Crippen molar-refractivity contribution in [3.05, 3.63) is 70.4 Å². The Hall–Kier alpha value is -2.14. The molecule has 2 N–H and O–H groups in total. The number of fused-ring (bicyclic) bond motifs is 3. The summed E-state index contributed by atoms with van der Waals surface area (Å²) in [7, 11) is 2.13. The molecule has 4 nitrogen and oxygen atoms in total. The predicted octanol–water partition coefficient (Wildman–Crippen LogP) is 3.70. The number of pyridine rings is 1. The van der Waals surface area contributed by atoms with Gasteiger partial charge in [-0.2, -0.15) is 0 Å². The number of para-hydroxylation sites is 1. The fourth-order valence-electron chi connectivity index (χ4n) is 6.45. The number of phenolic OH excluding ortho intramolecular Hbond substituents is 1. The number of aromatic nitrogens is 1. The number of benzene rings is 2. The Morgan fingerprint density at radius 1 is 1.10 bits per heavy atom. The summed E-state index contributed by atoms with van der Waals surface area (Å²) in [6.45, 7) is 3.06. The van der Waals surface area contributed by atoms with Gasteiger partial charge < -0.3 is 15.1 Å². The molecule has 30 heavy (non-hydrogen) atoms. The summed E-state index contributed by atoms with van der Waals surface area (Å²) >= 11 is 0. The summed E-state index contributed by atoms with van der Waals surface area (Å²) < 4.78 is 0. The minimum absolute atomic E-state index is 0. The molecule has 0 amide bonds. The second-order valence-corrected chi connectivity index (χ2v) is 9.39. The topological polar surface area (TPSA) is 56.6 Å². The lowest BCUT2D eigenvalue weighted by Crippen LogP contribution is -2.73. The zero-order valence-corrected chi connectivity index (χ0v) is 18.2. The molecular weight excluding hydrogens is 396 g/mol. The Balaban J connectivity index is 0.00000193. The van der Waals surface area contributed by atoms with E-state index in [1.807, 2.05) is 12.1 Å². The molecule has 0 saturated carbocycles. The van der Waals surface area contributed by atoms with Crippen molar-refractivity contribution in [3.8, 4) is 5.75 Å². The predicted molar refractivity (Wildman–Crippen MR) is 121 cm³/mol. The van der Waals surface area contributed by atoms with Crippen molar-refractivity contribution in [3.63, 3.8) is 0 Å². The molecule has 5 heteroatoms. The van der Waals surface area contributed by atoms with Crippen LogP contribution in [0.5, 0.6) is 5.75 Å². The van der Waals surface area contributed by atoms with Crippen LogP contribution < -0.4 is 0 Å². The second kappa shape index (κ2) is 6.43. The number of aryl methyl sites for hydroxylation is 1. The van der Waals surface area contributed by atoms with Gasteiger partial charge in [0.05, 0.1) is 11.1 Å². The zero-order valence-electron chi connectivity index (χ0n) is 17.4. The lowest BCUT2D eigenvalue weighted by molar-refractivity contribution is -0.145. The van der Waals surface area contributed by atoms with Crippen LogP contribution in [0.25, 0.3) is 10.9 Å². The van der Waals surface area contributed by atoms with Crippen LogP contribution in [0.1, 0.15) is 34.4 Å². The zero-order chi connectivity index (χ0) is 20.0. The third kappa shape index (κ3) is 2.38. The quantitative estimate of drug-likeness (QED) is 0.580. The van der Waals surface area contributed by atoms with Gasteiger partial charge in [-0.15, -0.1) is 12.4 Å². The number of halogens is 1. The number of aliphatic hydroxyl groups is 1. The molecule has 156 valence electrons. The molecule has 3 atom stereocenters. The van der Waals surface area contributed by atoms with E-state index < -0.39 is 11.0 Å². The van der Waals surface area contributed by atoms with Crippen LogP contribution in [-0.2, 0) is 24.7 Å². The lowest BCUT2D eigenvalue weighted by atomic mass is 9.49. The van der Waals surface area contributed by atoms with E-state index in [1.165, 1.54) is 16.7 Å². The molecule has 2 bridgehead atoms. The van der Waals surface area contributed by atoms with Gasteiger partial charge >= 0.3 is 0 Å². The van der Waals surface area contributed by atoms with Gasteiger partial charge in [0.15, 0.2) is 0 Å². The smallest absolute Gasteiger partial charge is 0.115 e. The normalized spacial score (nSPS) is 29.5. The van der Waals surface area contributed by atoms with Crippen LogP contribution in [-0.4, -0.2) is 45.3 Å². The lowest BCUT2D eigenvalue weighted by Gasteiger charge is -2.63. The fraction of sp³-hybridized carbons (Fsp3) is 0.400. The number of likely N-dealkylation sites (N-methyl/N-ethyl adjacent to an activating group) is 1. The molecule has 0 spiro atoms. The minimum Gasteiger partial charge on any atom is -0.508 e. The second-order valence-electron chi connectivity index (χ2n) is 9.39. The van der Waals surface area contributed by atoms with Gasteiger partial charge in [-0.3, -0.25) is 4.98 Å². The first-order valence-corrected chi connectivity index (χ1v) is 10.5. The van der Waals surface area contributed by atoms with Gasteiger partial charge in [0.2, 0.25) is 0 Å². The maximum Gasteiger partial charge on any atom is 0.115 e. The summed E-state index contributed by atoms with van der Waals surface area (Å²) in [5.74, 6) is 0.283. The summed E-state index contributed by atoms with van der Waals surface area (Å²) in [6, 6.07) is 14.3. The Morgan fingerprint density at radius 3 is 2.77 bits per heavy atom. The molecule has 3 aliphatic rings. The Labute approximate surface area is 183 Å². The van der Waals surface area contributed by atoms with Gasteiger partial charge in [-0.25, -0.2) is 0 Å². The first kappa shape index (κ1) is 19.8. The molecule has 1 fully saturated rings. The van der Waals surface area contributed by atoms with Crippen molar-refractivity contribution in [2.75, 3.05) is 13.6 Å². The third-order valence-electron chi connectivity index (χ3n) is 7.97. The fourth-order valence-corrected chi connectivity index (χ4v) is 6.45. The number of aromatic hydroxyl groups is 1. The van der Waals surface area contributed by atoms with Crippen molar-refractivity contribution in [2.24, 2.45) is 0 Å². The van der Waals surface area contributed by atoms with E-state index in [0.29, 0.717) is 6.42 Å². The van der Waals surface area contributed by atoms with Crippen LogP contribution in [0.3, 0.4) is 0 Å². The highest BCUT2D eigenvalue weighted by molar-refractivity contribution is 5.85. The molecule has 0 unspecified atom stereocenters. The van der Waals surface area contributed by atoms with E-state index in [1.54, 1.807) is 6.07 Å². The Bertz CT molecular complexity index is 1180. The highest BCUT2D eigenvalue weighted by Crippen LogP contribution is 2.57. The average Bonchev–Trinajstić information content (AvgIpc) is 2.69. The standard InChI is InChI=1S/C25H26N2O2.ClH/c1-15-4-3-5-17-10-18-13-25(29)22-11-16-6-7-19(28)12-20(16)24(25,8-9-27(22)2)14-21(18)26-23(15)17;/h3-7,10,12,22,28-29H,8-9,11,13-14H2,1-2H3;1H/t22-,24-,25-;/m1./s1. The third-order valence-corrected chi connectivity index (χ3v) is 7.97. The van der Waals surface area contributed by atoms with Crippen molar-refractivity contribution < 1.29 is 10.2 Å². The molecule has 2 aliphatic carbocycles. The Kier molecular flexibility index (Phi) is 4.24. The van der Waals surface area contributed by atoms with E-state index in [4.69, 9.17) is 4.98 Å². The van der Waals surface area contributed by atoms with Crippen LogP contribution in [0, 0.1) is 6.92 Å². The first-order valence-electron chi connectivity index (χ1n) is 10.5. The van der Waals surface area contributed by atoms with E-state index in [-0.39, 0.29) is 24.2 Å². The molecule has 1 aliphatic heterocycles. The van der Waals surface area contributed by atoms with Gasteiger partial charge in [0, 0.05) is 35.4 Å². The highest BCUT2D eigenvalue weighted by atomic mass is 35.5. The van der Waals surface area contributed by atoms with Gasteiger partial charge in [-0.05, 0) is 73.8 Å². The van der Waals surface area contributed by atoms with Crippen LogP contribution >= 0.6 is 12.4 Å². The van der Waals surface area contributed by atoms with Gasteiger partial charge in [-0.1, -0.05) is 24.3 Å². The number of hydrogen-bond donors (Lipinski definition) is 2. The largest absolute Gasteiger partial charge is 0.508 e. The van der Waals surface area contributed by atoms with Gasteiger partial charge in [0.1, 0.15) is 5.75 Å². The number of rotatable bonds is 0. The minimum atomic E-state index is -0.854. The summed E-state index contributed by atoms with van der Waals surface area (Å²) in [4.78, 5) is 7.44. The van der Waals surface area contributed by atoms with Crippen LogP contribution in [0.4, 0.5) is 0 Å². The van der Waals surface area contributed by atoms with E-state index in [0.717, 1.165) is 48.0 Å². The van der Waals surface area contributed by atoms with Crippen molar-refractivity contribution in [2.45, 2.75) is 49.7 Å². The number of nitrogens with zero attached hydrogens (tertiary/aromatic N) is 2.